The van der Waals surface area contributed by atoms with Crippen molar-refractivity contribution >= 4 is 21.6 Å². The molecule has 0 saturated carbocycles. The second-order valence-electron chi connectivity index (χ2n) is 3.46. The summed E-state index contributed by atoms with van der Waals surface area (Å²) < 4.78 is 37.9. The number of unbranched alkanes of at least 4 members (excludes halogenated alkanes) is 1. The minimum absolute atomic E-state index is 0.395. The molecule has 0 saturated heterocycles. The van der Waals surface area contributed by atoms with Gasteiger partial charge in [-0.3, -0.25) is 0 Å². The van der Waals surface area contributed by atoms with Crippen molar-refractivity contribution in [2.75, 3.05) is 11.9 Å². The van der Waals surface area contributed by atoms with Crippen LogP contribution >= 0.6 is 15.9 Å². The quantitative estimate of drug-likeness (QED) is 0.646. The Morgan fingerprint density at radius 3 is 2.59 bits per heavy atom. The van der Waals surface area contributed by atoms with Crippen LogP contribution in [0.1, 0.15) is 18.4 Å². The number of terminal acetylenes is 1. The molecule has 0 amide bonds. The number of anilines is 1. The van der Waals surface area contributed by atoms with E-state index in [0.717, 1.165) is 18.6 Å². The monoisotopic (exact) mass is 305 g/mol. The number of nitrogens with one attached hydrogen (secondary N) is 1. The first-order valence-electron chi connectivity index (χ1n) is 4.98. The van der Waals surface area contributed by atoms with E-state index in [1.165, 1.54) is 0 Å². The maximum absolute atomic E-state index is 12.5. The minimum atomic E-state index is -4.33. The maximum atomic E-state index is 12.5. The van der Waals surface area contributed by atoms with E-state index in [0.29, 0.717) is 23.1 Å². The molecule has 0 aliphatic heterocycles. The summed E-state index contributed by atoms with van der Waals surface area (Å²) in [7, 11) is 0. The first-order valence-corrected chi connectivity index (χ1v) is 5.78. The summed E-state index contributed by atoms with van der Waals surface area (Å²) in [6.45, 7) is 0.554. The summed E-state index contributed by atoms with van der Waals surface area (Å²) >= 11 is 3.06. The predicted octanol–water partition coefficient (Wildman–Crippen LogP) is 4.29. The van der Waals surface area contributed by atoms with Crippen LogP contribution in [-0.4, -0.2) is 6.54 Å². The van der Waals surface area contributed by atoms with Crippen molar-refractivity contribution in [3.05, 3.63) is 28.2 Å². The van der Waals surface area contributed by atoms with Crippen molar-refractivity contribution in [1.29, 1.82) is 0 Å². The summed E-state index contributed by atoms with van der Waals surface area (Å²) in [6, 6.07) is 3.73. The summed E-state index contributed by atoms with van der Waals surface area (Å²) in [5.41, 5.74) is -0.241. The van der Waals surface area contributed by atoms with Crippen LogP contribution in [0.5, 0.6) is 0 Å². The molecule has 1 rings (SSSR count). The Labute approximate surface area is 107 Å². The molecule has 0 radical (unpaired) electrons. The lowest BCUT2D eigenvalue weighted by molar-refractivity contribution is -0.137. The standard InChI is InChI=1S/C12H11BrF3N/c1-2-3-4-5-17-11-7-9(12(14,15)16)6-10(13)8-11/h1,6-8,17H,3-5H2. The van der Waals surface area contributed by atoms with E-state index < -0.39 is 11.7 Å². The highest BCUT2D eigenvalue weighted by molar-refractivity contribution is 9.10. The Kier molecular flexibility index (Phi) is 4.88. The highest BCUT2D eigenvalue weighted by Gasteiger charge is 2.30. The van der Waals surface area contributed by atoms with Gasteiger partial charge in [0.25, 0.3) is 0 Å². The molecule has 0 unspecified atom stereocenters. The summed E-state index contributed by atoms with van der Waals surface area (Å²) in [5.74, 6) is 2.47. The zero-order valence-corrected chi connectivity index (χ0v) is 10.5. The van der Waals surface area contributed by atoms with Gasteiger partial charge in [0.2, 0.25) is 0 Å². The van der Waals surface area contributed by atoms with E-state index in [-0.39, 0.29) is 0 Å². The molecular formula is C12H11BrF3N. The Balaban J connectivity index is 2.73. The molecule has 17 heavy (non-hydrogen) atoms. The normalized spacial score (nSPS) is 11.0. The number of benzene rings is 1. The zero-order chi connectivity index (χ0) is 12.9. The Bertz CT molecular complexity index is 421. The fraction of sp³-hybridized carbons (Fsp3) is 0.333. The molecule has 1 N–H and O–H groups in total. The molecule has 0 spiro atoms. The van der Waals surface area contributed by atoms with Gasteiger partial charge in [0.05, 0.1) is 5.56 Å². The second kappa shape index (κ2) is 5.97. The van der Waals surface area contributed by atoms with Crippen LogP contribution in [0.2, 0.25) is 0 Å². The predicted molar refractivity (Wildman–Crippen MR) is 65.7 cm³/mol. The lowest BCUT2D eigenvalue weighted by atomic mass is 10.2. The Morgan fingerprint density at radius 1 is 1.29 bits per heavy atom. The lowest BCUT2D eigenvalue weighted by Gasteiger charge is -2.11. The van der Waals surface area contributed by atoms with E-state index in [1.54, 1.807) is 6.07 Å². The molecule has 1 nitrogen and oxygen atoms in total. The number of hydrogen-bond acceptors (Lipinski definition) is 1. The fourth-order valence-electron chi connectivity index (χ4n) is 1.28. The van der Waals surface area contributed by atoms with Crippen LogP contribution in [0.25, 0.3) is 0 Å². The van der Waals surface area contributed by atoms with Gasteiger partial charge in [-0.15, -0.1) is 12.3 Å². The maximum Gasteiger partial charge on any atom is 0.416 e. The molecule has 0 heterocycles. The number of halogens is 4. The summed E-state index contributed by atoms with van der Waals surface area (Å²) in [5, 5.41) is 2.91. The molecule has 0 bridgehead atoms. The summed E-state index contributed by atoms with van der Waals surface area (Å²) in [4.78, 5) is 0. The zero-order valence-electron chi connectivity index (χ0n) is 8.94. The molecule has 1 aromatic carbocycles. The first-order chi connectivity index (χ1) is 7.93. The van der Waals surface area contributed by atoms with Gasteiger partial charge in [-0.2, -0.15) is 13.2 Å². The molecule has 0 aliphatic rings. The van der Waals surface area contributed by atoms with Crippen LogP contribution in [-0.2, 0) is 6.18 Å². The van der Waals surface area contributed by atoms with E-state index in [4.69, 9.17) is 6.42 Å². The van der Waals surface area contributed by atoms with Crippen LogP contribution < -0.4 is 5.32 Å². The third kappa shape index (κ3) is 4.70. The Morgan fingerprint density at radius 2 is 2.00 bits per heavy atom. The molecule has 1 aromatic rings. The van der Waals surface area contributed by atoms with Crippen LogP contribution in [0.3, 0.4) is 0 Å². The molecule has 0 fully saturated rings. The average molecular weight is 306 g/mol. The molecular weight excluding hydrogens is 295 g/mol. The second-order valence-corrected chi connectivity index (χ2v) is 4.38. The largest absolute Gasteiger partial charge is 0.416 e. The highest BCUT2D eigenvalue weighted by Crippen LogP contribution is 2.33. The van der Waals surface area contributed by atoms with Crippen LogP contribution in [0.4, 0.5) is 18.9 Å². The van der Waals surface area contributed by atoms with Crippen LogP contribution in [0, 0.1) is 12.3 Å². The number of alkyl halides is 3. The van der Waals surface area contributed by atoms with Crippen molar-refractivity contribution < 1.29 is 13.2 Å². The number of rotatable bonds is 4. The fourth-order valence-corrected chi connectivity index (χ4v) is 1.77. The third-order valence-corrected chi connectivity index (χ3v) is 2.51. The molecule has 0 aromatic heterocycles. The number of hydrogen-bond donors (Lipinski definition) is 1. The van der Waals surface area contributed by atoms with E-state index in [9.17, 15) is 13.2 Å². The van der Waals surface area contributed by atoms with Crippen molar-refractivity contribution in [2.45, 2.75) is 19.0 Å². The van der Waals surface area contributed by atoms with E-state index >= 15 is 0 Å². The van der Waals surface area contributed by atoms with Crippen molar-refractivity contribution in [3.63, 3.8) is 0 Å². The van der Waals surface area contributed by atoms with Gasteiger partial charge in [-0.05, 0) is 24.6 Å². The topological polar surface area (TPSA) is 12.0 Å². The van der Waals surface area contributed by atoms with Crippen LogP contribution in [0.15, 0.2) is 22.7 Å². The first kappa shape index (κ1) is 13.9. The third-order valence-electron chi connectivity index (χ3n) is 2.05. The SMILES string of the molecule is C#CCCCNc1cc(Br)cc(C(F)(F)F)c1. The van der Waals surface area contributed by atoms with Gasteiger partial charge in [-0.25, -0.2) is 0 Å². The minimum Gasteiger partial charge on any atom is -0.385 e. The molecule has 0 atom stereocenters. The molecule has 5 heteroatoms. The average Bonchev–Trinajstić information content (AvgIpc) is 2.22. The van der Waals surface area contributed by atoms with Gasteiger partial charge in [-0.1, -0.05) is 15.9 Å². The van der Waals surface area contributed by atoms with Crippen molar-refractivity contribution in [2.24, 2.45) is 0 Å². The van der Waals surface area contributed by atoms with Gasteiger partial charge < -0.3 is 5.32 Å². The lowest BCUT2D eigenvalue weighted by Crippen LogP contribution is -2.07. The Hall–Kier alpha value is -1.15. The van der Waals surface area contributed by atoms with Crippen molar-refractivity contribution in [1.82, 2.24) is 0 Å². The van der Waals surface area contributed by atoms with E-state index in [2.05, 4.69) is 27.2 Å². The summed E-state index contributed by atoms with van der Waals surface area (Å²) in [6.07, 6.45) is 2.08. The van der Waals surface area contributed by atoms with Gasteiger partial charge in [0.15, 0.2) is 0 Å². The van der Waals surface area contributed by atoms with E-state index in [1.807, 2.05) is 0 Å². The van der Waals surface area contributed by atoms with Gasteiger partial charge in [0, 0.05) is 23.1 Å². The smallest absolute Gasteiger partial charge is 0.385 e. The molecule has 0 aliphatic carbocycles. The van der Waals surface area contributed by atoms with Gasteiger partial charge in [0.1, 0.15) is 0 Å². The van der Waals surface area contributed by atoms with Crippen molar-refractivity contribution in [3.8, 4) is 12.3 Å². The highest BCUT2D eigenvalue weighted by atomic mass is 79.9. The molecule has 92 valence electrons. The van der Waals surface area contributed by atoms with Gasteiger partial charge >= 0.3 is 6.18 Å².